The lowest BCUT2D eigenvalue weighted by molar-refractivity contribution is -0.365. The number of carboxylic acid groups (broad SMARTS) is 2. The molecule has 816 valence electrons. The monoisotopic (exact) mass is 2070 g/mol. The van der Waals surface area contributed by atoms with Crippen molar-refractivity contribution in [2.45, 2.75) is 354 Å². The van der Waals surface area contributed by atoms with Gasteiger partial charge in [0.05, 0.1) is 51.4 Å². The van der Waals surface area contributed by atoms with Gasteiger partial charge in [-0.15, -0.1) is 0 Å². The van der Waals surface area contributed by atoms with Crippen LogP contribution in [0.2, 0.25) is 0 Å². The molecule has 4 heterocycles. The summed E-state index contributed by atoms with van der Waals surface area (Å²) in [6, 6.07) is -23.9. The smallest absolute Gasteiger partial charge is 0.325 e. The molecule has 0 spiro atoms. The Morgan fingerprint density at radius 3 is 1.00 bits per heavy atom. The number of rotatable bonds is 60. The van der Waals surface area contributed by atoms with Crippen molar-refractivity contribution in [1.29, 1.82) is 0 Å². The summed E-state index contributed by atoms with van der Waals surface area (Å²) in [6.07, 6.45) is -39.2. The number of carboxylic acids is 2. The number of aliphatic hydroxyl groups excluding tert-OH is 8. The number of amides is 19. The molecule has 4 aliphatic heterocycles. The number of aliphatic hydroxyl groups is 8. The summed E-state index contributed by atoms with van der Waals surface area (Å²) in [5.41, 5.74) is 32.6. The standard InChI is InChI=1S/C83H139N21O40/c1-30(71(124)95-33(4)78(131)132)94-76(129)45(16-12-14-22-90-53(115)24-41(84)67(86)120)101-51(113)20-18-43(69(88)122)104-73(126)32(3)93-75(128)36(7)137-66-58(100-40(11)112)83(141-50(29-108)64(66)144-81-55(97-37(8)109)60(118)59(117)47(26-105)139-81)142-62-48(27-106)140-82(56(61(62)119)98-38(9)110)143-63-49(28-107)138-80(135)57(99-39(10)111)65(63)136-35(6)74(127)92-31(2)72(125)103-44(70(89)123)19-21-52(114)102-46(77(130)96-34(5)79(133)134)17-13-15-23-91-54(116)25-42(85)68(87)121/h30-36,41-50,55-66,80-83,105-108,117-119,135H,12-29,84-85H2,1-11H3,(H2,86,120)(H2,87,121)(H2,88,122)(H2,89,123)(H,90,115)(H,91,116)(H,92,127)(H,93,128)(H,94,129)(H,95,124)(H,96,130)(H,97,109)(H,98,110)(H,99,111)(H,100,112)(H,101,113)(H,102,114)(H,103,125)(H,104,126)(H,131,132)(H,133,134). The van der Waals surface area contributed by atoms with Gasteiger partial charge in [0.1, 0.15) is 164 Å². The first kappa shape index (κ1) is 124. The highest BCUT2D eigenvalue weighted by Gasteiger charge is 2.58. The van der Waals surface area contributed by atoms with Gasteiger partial charge in [0, 0.05) is 53.6 Å². The SMILES string of the molecule is CC(=O)NC1C(OC2C(CO)OC(OC3C(CO)OC(OC4C(CO)OC(O)C(NC(C)=O)C4OC(C)C(=O)NC(C)C(=O)NC(CCC(=O)NC(CCCCNC(=O)CC(N)C(N)=O)C(=O)NC(C)C(=O)O)C(N)=O)C(NC(C)=O)C3O)C(NC(C)=O)C2OC(C)C(=O)NC(C)C(=O)NC(CCC(=O)NC(CCCCNC(=O)CC(N)C(N)=O)C(=O)NC(C)C(=O)NC(C)C(=O)O)C(N)=O)OC(CO)C(O)C1O. The van der Waals surface area contributed by atoms with Crippen LogP contribution in [-0.2, 0) is 143 Å². The van der Waals surface area contributed by atoms with E-state index >= 15 is 0 Å². The third-order valence-corrected chi connectivity index (χ3v) is 22.9. The number of aliphatic carboxylic acids is 2. The van der Waals surface area contributed by atoms with Gasteiger partial charge in [-0.2, -0.15) is 0 Å². The second-order valence-corrected chi connectivity index (χ2v) is 34.8. The van der Waals surface area contributed by atoms with Crippen LogP contribution >= 0.6 is 0 Å². The minimum absolute atomic E-state index is 0.0168. The number of nitrogens with one attached hydrogen (secondary N) is 15. The van der Waals surface area contributed by atoms with Gasteiger partial charge in [0.2, 0.25) is 112 Å². The molecule has 4 rings (SSSR count). The number of nitrogens with two attached hydrogens (primary N) is 6. The first-order valence-corrected chi connectivity index (χ1v) is 45.9. The van der Waals surface area contributed by atoms with Crippen molar-refractivity contribution in [1.82, 2.24) is 79.8 Å². The predicted molar refractivity (Wildman–Crippen MR) is 482 cm³/mol. The van der Waals surface area contributed by atoms with Crippen molar-refractivity contribution in [3.8, 4) is 0 Å². The third-order valence-electron chi connectivity index (χ3n) is 22.9. The fourth-order valence-corrected chi connectivity index (χ4v) is 14.9. The molecule has 0 aromatic carbocycles. The molecule has 33 atom stereocenters. The molecular weight excluding hydrogens is 1930 g/mol. The molecule has 61 heteroatoms. The van der Waals surface area contributed by atoms with Gasteiger partial charge in [-0.3, -0.25) is 101 Å². The highest BCUT2D eigenvalue weighted by Crippen LogP contribution is 2.37. The molecule has 33 unspecified atom stereocenters. The topological polar surface area (TPSA) is 980 Å². The fourth-order valence-electron chi connectivity index (χ4n) is 14.9. The van der Waals surface area contributed by atoms with E-state index in [0.717, 1.165) is 69.2 Å². The Morgan fingerprint density at radius 1 is 0.319 bits per heavy atom. The third kappa shape index (κ3) is 39.6. The molecule has 0 saturated carbocycles. The Bertz CT molecular complexity index is 4420. The second kappa shape index (κ2) is 60.1. The molecular formula is C83H139N21O40. The number of hydrogen-bond acceptors (Lipinski definition) is 40. The quantitative estimate of drug-likeness (QED) is 0.0251. The second-order valence-electron chi connectivity index (χ2n) is 34.8. The van der Waals surface area contributed by atoms with E-state index in [1.807, 2.05) is 0 Å². The van der Waals surface area contributed by atoms with Crippen LogP contribution in [0.25, 0.3) is 0 Å². The molecule has 61 nitrogen and oxygen atoms in total. The van der Waals surface area contributed by atoms with Crippen molar-refractivity contribution in [3.63, 3.8) is 0 Å². The first-order valence-electron chi connectivity index (χ1n) is 45.9. The average Bonchev–Trinajstić information content (AvgIpc) is 0.761. The summed E-state index contributed by atoms with van der Waals surface area (Å²) in [6.45, 7) is 7.06. The highest BCUT2D eigenvalue weighted by molar-refractivity contribution is 5.96. The van der Waals surface area contributed by atoms with E-state index in [4.69, 9.17) is 77.0 Å². The minimum Gasteiger partial charge on any atom is -0.480 e. The number of carbonyl (C=O) groups excluding carboxylic acids is 19. The molecule has 0 aromatic heterocycles. The maximum Gasteiger partial charge on any atom is 0.325 e. The van der Waals surface area contributed by atoms with E-state index in [-0.39, 0.29) is 51.6 Å². The lowest BCUT2D eigenvalue weighted by atomic mass is 9.92. The highest BCUT2D eigenvalue weighted by atomic mass is 16.8. The van der Waals surface area contributed by atoms with Crippen molar-refractivity contribution < 1.29 is 194 Å². The van der Waals surface area contributed by atoms with E-state index in [9.17, 15) is 152 Å². The fraction of sp³-hybridized carbons (Fsp3) is 0.747. The van der Waals surface area contributed by atoms with Gasteiger partial charge >= 0.3 is 11.9 Å². The van der Waals surface area contributed by atoms with Gasteiger partial charge in [-0.05, 0) is 99.8 Å². The summed E-state index contributed by atoms with van der Waals surface area (Å²) < 4.78 is 55.9. The van der Waals surface area contributed by atoms with Crippen LogP contribution < -0.4 is 114 Å². The van der Waals surface area contributed by atoms with Crippen LogP contribution in [0.1, 0.15) is 153 Å². The van der Waals surface area contributed by atoms with E-state index in [0.29, 0.717) is 0 Å². The molecule has 4 fully saturated rings. The largest absolute Gasteiger partial charge is 0.480 e. The van der Waals surface area contributed by atoms with Gasteiger partial charge < -0.3 is 208 Å². The Hall–Kier alpha value is -11.9. The maximum atomic E-state index is 14.6. The summed E-state index contributed by atoms with van der Waals surface area (Å²) in [4.78, 5) is 272. The van der Waals surface area contributed by atoms with E-state index in [1.54, 1.807) is 0 Å². The normalized spacial score (nSPS) is 26.7. The molecule has 4 aliphatic rings. The molecule has 144 heavy (non-hydrogen) atoms. The van der Waals surface area contributed by atoms with Gasteiger partial charge in [-0.1, -0.05) is 0 Å². The maximum absolute atomic E-state index is 14.6. The molecule has 4 saturated heterocycles. The Kier molecular flexibility index (Phi) is 52.0. The molecule has 19 amide bonds. The van der Waals surface area contributed by atoms with Crippen LogP contribution in [0.3, 0.4) is 0 Å². The zero-order valence-corrected chi connectivity index (χ0v) is 81.0. The Labute approximate surface area is 823 Å². The lowest BCUT2D eigenvalue weighted by Gasteiger charge is -2.52. The molecule has 0 aliphatic carbocycles. The van der Waals surface area contributed by atoms with E-state index in [2.05, 4.69) is 79.8 Å². The molecule has 0 bridgehead atoms. The number of ether oxygens (including phenoxy) is 9. The van der Waals surface area contributed by atoms with Crippen molar-refractivity contribution in [2.24, 2.45) is 34.4 Å². The number of unbranched alkanes of at least 4 members (excludes halogenated alkanes) is 2. The van der Waals surface area contributed by atoms with Gasteiger partial charge in [-0.25, -0.2) is 0 Å². The Balaban J connectivity index is 1.67. The van der Waals surface area contributed by atoms with Crippen LogP contribution in [0.5, 0.6) is 0 Å². The van der Waals surface area contributed by atoms with Gasteiger partial charge in [0.25, 0.3) is 0 Å². The lowest BCUT2D eigenvalue weighted by Crippen LogP contribution is -2.72. The van der Waals surface area contributed by atoms with Crippen LogP contribution in [-0.4, -0.2) is 416 Å². The van der Waals surface area contributed by atoms with E-state index < -0.39 is 390 Å². The predicted octanol–water partition coefficient (Wildman–Crippen LogP) is -17.2. The molecule has 37 N–H and O–H groups in total. The van der Waals surface area contributed by atoms with E-state index in [1.165, 1.54) is 6.92 Å². The van der Waals surface area contributed by atoms with Crippen molar-refractivity contribution in [2.75, 3.05) is 39.5 Å². The summed E-state index contributed by atoms with van der Waals surface area (Å²) in [5, 5.41) is 145. The summed E-state index contributed by atoms with van der Waals surface area (Å²) in [5.74, 6) is -21.5. The molecule has 0 radical (unpaired) electrons. The van der Waals surface area contributed by atoms with Crippen LogP contribution in [0.4, 0.5) is 0 Å². The zero-order chi connectivity index (χ0) is 109. The van der Waals surface area contributed by atoms with Crippen molar-refractivity contribution in [3.05, 3.63) is 0 Å². The van der Waals surface area contributed by atoms with Crippen molar-refractivity contribution >= 4 is 124 Å². The number of carbonyl (C=O) groups is 21. The first-order chi connectivity index (χ1) is 67.4. The molecule has 0 aromatic rings. The number of primary amides is 4. The van der Waals surface area contributed by atoms with Crippen LogP contribution in [0.15, 0.2) is 0 Å². The van der Waals surface area contributed by atoms with Gasteiger partial charge in [0.15, 0.2) is 25.2 Å². The summed E-state index contributed by atoms with van der Waals surface area (Å²) in [7, 11) is 0. The average molecular weight is 2070 g/mol. The summed E-state index contributed by atoms with van der Waals surface area (Å²) >= 11 is 0. The minimum atomic E-state index is -2.30. The number of hydrogen-bond donors (Lipinski definition) is 31. The zero-order valence-electron chi connectivity index (χ0n) is 81.0. The van der Waals surface area contributed by atoms with Crippen LogP contribution in [0, 0.1) is 0 Å². The Morgan fingerprint density at radius 2 is 0.632 bits per heavy atom.